The second kappa shape index (κ2) is 7.34. The number of ether oxygens (including phenoxy) is 2. The zero-order chi connectivity index (χ0) is 15.1. The van der Waals surface area contributed by atoms with Crippen LogP contribution in [0.5, 0.6) is 11.5 Å². The Hall–Kier alpha value is -2.28. The van der Waals surface area contributed by atoms with Crippen LogP contribution in [0.3, 0.4) is 0 Å². The summed E-state index contributed by atoms with van der Waals surface area (Å²) in [6.45, 7) is -0.347. The summed E-state index contributed by atoms with van der Waals surface area (Å²) in [5, 5.41) is 20.1. The summed E-state index contributed by atoms with van der Waals surface area (Å²) in [6.07, 6.45) is -0.0848. The van der Waals surface area contributed by atoms with Crippen molar-refractivity contribution in [3.05, 3.63) is 23.8 Å². The predicted octanol–water partition coefficient (Wildman–Crippen LogP) is 0.269. The Labute approximate surface area is 116 Å². The summed E-state index contributed by atoms with van der Waals surface area (Å²) in [4.78, 5) is 23.2. The molecule has 0 spiro atoms. The maximum atomic E-state index is 12.2. The summed E-state index contributed by atoms with van der Waals surface area (Å²) in [5.74, 6) is -1.31. The summed E-state index contributed by atoms with van der Waals surface area (Å²) < 4.78 is 10.1. The SMILES string of the molecule is COc1cccc(OC)c1C(=O)N[C@@H](CCO)C(=O)O. The van der Waals surface area contributed by atoms with E-state index in [1.54, 1.807) is 18.2 Å². The quantitative estimate of drug-likeness (QED) is 0.663. The molecular weight excluding hydrogens is 266 g/mol. The van der Waals surface area contributed by atoms with Crippen LogP contribution in [0.1, 0.15) is 16.8 Å². The molecule has 1 aromatic carbocycles. The van der Waals surface area contributed by atoms with E-state index in [0.717, 1.165) is 0 Å². The predicted molar refractivity (Wildman–Crippen MR) is 70.1 cm³/mol. The molecule has 0 aliphatic rings. The van der Waals surface area contributed by atoms with E-state index < -0.39 is 17.9 Å². The number of aliphatic hydroxyl groups is 1. The lowest BCUT2D eigenvalue weighted by Crippen LogP contribution is -2.41. The minimum Gasteiger partial charge on any atom is -0.496 e. The molecule has 7 nitrogen and oxygen atoms in total. The largest absolute Gasteiger partial charge is 0.496 e. The fourth-order valence-corrected chi connectivity index (χ4v) is 1.69. The Kier molecular flexibility index (Phi) is 5.79. The van der Waals surface area contributed by atoms with Crippen LogP contribution in [-0.2, 0) is 4.79 Å². The van der Waals surface area contributed by atoms with Crippen molar-refractivity contribution in [1.29, 1.82) is 0 Å². The zero-order valence-electron chi connectivity index (χ0n) is 11.3. The Morgan fingerprint density at radius 1 is 1.25 bits per heavy atom. The van der Waals surface area contributed by atoms with Gasteiger partial charge in [0, 0.05) is 13.0 Å². The van der Waals surface area contributed by atoms with E-state index in [1.165, 1.54) is 14.2 Å². The van der Waals surface area contributed by atoms with Gasteiger partial charge < -0.3 is 25.0 Å². The van der Waals surface area contributed by atoms with Crippen molar-refractivity contribution in [1.82, 2.24) is 5.32 Å². The average molecular weight is 283 g/mol. The van der Waals surface area contributed by atoms with Gasteiger partial charge in [-0.15, -0.1) is 0 Å². The second-order valence-corrected chi connectivity index (χ2v) is 3.91. The number of methoxy groups -OCH3 is 2. The van der Waals surface area contributed by atoms with E-state index in [-0.39, 0.29) is 30.1 Å². The molecule has 0 aromatic heterocycles. The first-order chi connectivity index (χ1) is 9.54. The smallest absolute Gasteiger partial charge is 0.326 e. The van der Waals surface area contributed by atoms with Crippen LogP contribution in [-0.4, -0.2) is 49.0 Å². The lowest BCUT2D eigenvalue weighted by atomic mass is 10.1. The van der Waals surface area contributed by atoms with Gasteiger partial charge in [0.2, 0.25) is 0 Å². The third-order valence-electron chi connectivity index (χ3n) is 2.68. The van der Waals surface area contributed by atoms with Gasteiger partial charge in [-0.25, -0.2) is 4.79 Å². The van der Waals surface area contributed by atoms with Crippen LogP contribution < -0.4 is 14.8 Å². The molecule has 110 valence electrons. The van der Waals surface area contributed by atoms with Gasteiger partial charge in [0.05, 0.1) is 14.2 Å². The van der Waals surface area contributed by atoms with Crippen LogP contribution in [0.25, 0.3) is 0 Å². The number of benzene rings is 1. The lowest BCUT2D eigenvalue weighted by molar-refractivity contribution is -0.139. The molecule has 0 aliphatic carbocycles. The number of aliphatic hydroxyl groups excluding tert-OH is 1. The van der Waals surface area contributed by atoms with Crippen molar-refractivity contribution in [3.8, 4) is 11.5 Å². The van der Waals surface area contributed by atoms with Gasteiger partial charge in [-0.3, -0.25) is 4.79 Å². The minimum absolute atomic E-state index is 0.0848. The number of amides is 1. The molecule has 0 aliphatic heterocycles. The number of rotatable bonds is 7. The zero-order valence-corrected chi connectivity index (χ0v) is 11.3. The molecule has 0 radical (unpaired) electrons. The van der Waals surface area contributed by atoms with E-state index in [4.69, 9.17) is 19.7 Å². The number of carboxylic acids is 1. The van der Waals surface area contributed by atoms with Crippen LogP contribution in [0.2, 0.25) is 0 Å². The van der Waals surface area contributed by atoms with Gasteiger partial charge in [0.1, 0.15) is 23.1 Å². The van der Waals surface area contributed by atoms with E-state index in [2.05, 4.69) is 5.32 Å². The number of carbonyl (C=O) groups is 2. The fourth-order valence-electron chi connectivity index (χ4n) is 1.69. The molecule has 0 fully saturated rings. The molecule has 1 amide bonds. The molecule has 1 rings (SSSR count). The van der Waals surface area contributed by atoms with E-state index >= 15 is 0 Å². The van der Waals surface area contributed by atoms with Gasteiger partial charge >= 0.3 is 5.97 Å². The highest BCUT2D eigenvalue weighted by atomic mass is 16.5. The topological polar surface area (TPSA) is 105 Å². The van der Waals surface area contributed by atoms with Gasteiger partial charge in [-0.2, -0.15) is 0 Å². The number of carbonyl (C=O) groups excluding carboxylic acids is 1. The highest BCUT2D eigenvalue weighted by Gasteiger charge is 2.24. The Morgan fingerprint density at radius 2 is 1.80 bits per heavy atom. The first-order valence-corrected chi connectivity index (χ1v) is 5.90. The number of aliphatic carboxylic acids is 1. The highest BCUT2D eigenvalue weighted by molar-refractivity contribution is 6.01. The highest BCUT2D eigenvalue weighted by Crippen LogP contribution is 2.28. The summed E-state index contributed by atoms with van der Waals surface area (Å²) in [7, 11) is 2.79. The Bertz CT molecular complexity index is 465. The monoisotopic (exact) mass is 283 g/mol. The molecule has 0 saturated heterocycles. The maximum Gasteiger partial charge on any atom is 0.326 e. The van der Waals surface area contributed by atoms with Crippen molar-refractivity contribution in [2.24, 2.45) is 0 Å². The number of hydrogen-bond donors (Lipinski definition) is 3. The molecule has 0 heterocycles. The Morgan fingerprint density at radius 3 is 2.20 bits per heavy atom. The molecule has 0 unspecified atom stereocenters. The average Bonchev–Trinajstić information content (AvgIpc) is 2.45. The van der Waals surface area contributed by atoms with Gasteiger partial charge in [-0.05, 0) is 12.1 Å². The molecule has 0 bridgehead atoms. The second-order valence-electron chi connectivity index (χ2n) is 3.91. The van der Waals surface area contributed by atoms with Crippen molar-refractivity contribution in [2.75, 3.05) is 20.8 Å². The van der Waals surface area contributed by atoms with Gasteiger partial charge in [-0.1, -0.05) is 6.07 Å². The fraction of sp³-hybridized carbons (Fsp3) is 0.385. The van der Waals surface area contributed by atoms with Crippen molar-refractivity contribution in [2.45, 2.75) is 12.5 Å². The Balaban J connectivity index is 3.04. The summed E-state index contributed by atoms with van der Waals surface area (Å²) >= 11 is 0. The first-order valence-electron chi connectivity index (χ1n) is 5.90. The summed E-state index contributed by atoms with van der Waals surface area (Å²) in [6, 6.07) is 3.61. The molecule has 0 saturated carbocycles. The van der Waals surface area contributed by atoms with E-state index in [0.29, 0.717) is 0 Å². The van der Waals surface area contributed by atoms with E-state index in [9.17, 15) is 9.59 Å². The number of hydrogen-bond acceptors (Lipinski definition) is 5. The summed E-state index contributed by atoms with van der Waals surface area (Å²) in [5.41, 5.74) is 0.113. The first kappa shape index (κ1) is 15.8. The van der Waals surface area contributed by atoms with Gasteiger partial charge in [0.15, 0.2) is 0 Å². The van der Waals surface area contributed by atoms with Crippen LogP contribution in [0.15, 0.2) is 18.2 Å². The standard InChI is InChI=1S/C13H17NO6/c1-19-9-4-3-5-10(20-2)11(9)12(16)14-8(6-7-15)13(17)18/h3-5,8,15H,6-7H2,1-2H3,(H,14,16)(H,17,18)/t8-/m0/s1. The lowest BCUT2D eigenvalue weighted by Gasteiger charge is -2.16. The van der Waals surface area contributed by atoms with Crippen LogP contribution in [0.4, 0.5) is 0 Å². The third kappa shape index (κ3) is 3.61. The normalized spacial score (nSPS) is 11.6. The molecule has 1 aromatic rings. The van der Waals surface area contributed by atoms with Crippen molar-refractivity contribution >= 4 is 11.9 Å². The maximum absolute atomic E-state index is 12.2. The van der Waals surface area contributed by atoms with Crippen LogP contribution >= 0.6 is 0 Å². The van der Waals surface area contributed by atoms with Crippen molar-refractivity contribution < 1.29 is 29.3 Å². The van der Waals surface area contributed by atoms with Gasteiger partial charge in [0.25, 0.3) is 5.91 Å². The number of nitrogens with one attached hydrogen (secondary N) is 1. The van der Waals surface area contributed by atoms with E-state index in [1.807, 2.05) is 0 Å². The molecule has 3 N–H and O–H groups in total. The van der Waals surface area contributed by atoms with Crippen molar-refractivity contribution in [3.63, 3.8) is 0 Å². The molecule has 7 heteroatoms. The number of carboxylic acid groups (broad SMARTS) is 1. The van der Waals surface area contributed by atoms with Crippen LogP contribution in [0, 0.1) is 0 Å². The molecule has 20 heavy (non-hydrogen) atoms. The molecular formula is C13H17NO6. The minimum atomic E-state index is -1.22. The molecule has 1 atom stereocenters. The third-order valence-corrected chi connectivity index (χ3v) is 2.68.